The molecule has 0 atom stereocenters. The molecule has 0 radical (unpaired) electrons. The molecule has 4 heteroatoms. The van der Waals surface area contributed by atoms with Gasteiger partial charge in [0.05, 0.1) is 12.3 Å². The molecule has 94 valence electrons. The van der Waals surface area contributed by atoms with Gasteiger partial charge in [-0.05, 0) is 44.0 Å². The van der Waals surface area contributed by atoms with Crippen molar-refractivity contribution in [2.24, 2.45) is 0 Å². The Hall–Kier alpha value is -1.61. The van der Waals surface area contributed by atoms with E-state index in [9.17, 15) is 0 Å². The first kappa shape index (κ1) is 12.8. The van der Waals surface area contributed by atoms with Gasteiger partial charge in [0.15, 0.2) is 5.15 Å². The van der Waals surface area contributed by atoms with E-state index < -0.39 is 0 Å². The van der Waals surface area contributed by atoms with Gasteiger partial charge >= 0.3 is 0 Å². The van der Waals surface area contributed by atoms with Gasteiger partial charge in [0.25, 0.3) is 0 Å². The minimum Gasteiger partial charge on any atom is -0.493 e. The van der Waals surface area contributed by atoms with Gasteiger partial charge in [0.1, 0.15) is 5.75 Å². The lowest BCUT2D eigenvalue weighted by Crippen LogP contribution is -1.99. The summed E-state index contributed by atoms with van der Waals surface area (Å²) in [6.45, 7) is 6.52. The molecule has 0 fully saturated rings. The van der Waals surface area contributed by atoms with Gasteiger partial charge in [-0.3, -0.25) is 0 Å². The molecule has 18 heavy (non-hydrogen) atoms. The van der Waals surface area contributed by atoms with Crippen molar-refractivity contribution in [1.29, 1.82) is 0 Å². The van der Waals surface area contributed by atoms with E-state index in [0.717, 1.165) is 28.1 Å². The zero-order valence-corrected chi connectivity index (χ0v) is 11.5. The quantitative estimate of drug-likeness (QED) is 0.844. The third kappa shape index (κ3) is 2.31. The number of ether oxygens (including phenoxy) is 1. The maximum atomic E-state index is 5.97. The monoisotopic (exact) mass is 262 g/mol. The molecule has 1 aromatic heterocycles. The van der Waals surface area contributed by atoms with Crippen molar-refractivity contribution in [2.45, 2.75) is 20.8 Å². The highest BCUT2D eigenvalue weighted by Crippen LogP contribution is 2.32. The van der Waals surface area contributed by atoms with Gasteiger partial charge in [-0.2, -0.15) is 0 Å². The summed E-state index contributed by atoms with van der Waals surface area (Å²) in [5.74, 6) is 0.819. The Balaban J connectivity index is 2.59. The Morgan fingerprint density at radius 2 is 1.83 bits per heavy atom. The first-order valence-corrected chi connectivity index (χ1v) is 6.24. The van der Waals surface area contributed by atoms with E-state index in [4.69, 9.17) is 16.3 Å². The molecular formula is C14H15ClN2O. The normalized spacial score (nSPS) is 10.4. The lowest BCUT2D eigenvalue weighted by molar-refractivity contribution is 0.341. The van der Waals surface area contributed by atoms with Crippen LogP contribution in [0, 0.1) is 13.8 Å². The molecule has 0 amide bonds. The number of aromatic nitrogens is 2. The summed E-state index contributed by atoms with van der Waals surface area (Å²) >= 11 is 5.97. The van der Waals surface area contributed by atoms with E-state index in [2.05, 4.69) is 10.2 Å². The largest absolute Gasteiger partial charge is 0.493 e. The molecule has 0 bridgehead atoms. The molecule has 0 spiro atoms. The van der Waals surface area contributed by atoms with Crippen LogP contribution in [0.25, 0.3) is 11.3 Å². The van der Waals surface area contributed by atoms with Crippen LogP contribution in [0.1, 0.15) is 18.1 Å². The minimum absolute atomic E-state index is 0.449. The van der Waals surface area contributed by atoms with Gasteiger partial charge in [0.2, 0.25) is 0 Å². The van der Waals surface area contributed by atoms with E-state index >= 15 is 0 Å². The second-order valence-corrected chi connectivity index (χ2v) is 4.38. The predicted octanol–water partition coefficient (Wildman–Crippen LogP) is 3.81. The zero-order chi connectivity index (χ0) is 13.1. The van der Waals surface area contributed by atoms with Crippen molar-refractivity contribution < 1.29 is 4.74 Å². The number of rotatable bonds is 3. The first-order chi connectivity index (χ1) is 8.65. The summed E-state index contributed by atoms with van der Waals surface area (Å²) in [6, 6.07) is 7.82. The van der Waals surface area contributed by atoms with Crippen LogP contribution in [0.3, 0.4) is 0 Å². The van der Waals surface area contributed by atoms with Crippen molar-refractivity contribution in [3.05, 3.63) is 40.5 Å². The van der Waals surface area contributed by atoms with Crippen LogP contribution in [-0.4, -0.2) is 16.8 Å². The zero-order valence-electron chi connectivity index (χ0n) is 10.7. The smallest absolute Gasteiger partial charge is 0.154 e. The number of para-hydroxylation sites is 1. The highest BCUT2D eigenvalue weighted by Gasteiger charge is 2.13. The average Bonchev–Trinajstić information content (AvgIpc) is 2.38. The van der Waals surface area contributed by atoms with E-state index in [1.807, 2.05) is 45.0 Å². The molecule has 1 heterocycles. The maximum absolute atomic E-state index is 5.97. The number of nitrogens with zero attached hydrogens (tertiary/aromatic N) is 2. The van der Waals surface area contributed by atoms with Gasteiger partial charge in [-0.1, -0.05) is 23.7 Å². The van der Waals surface area contributed by atoms with Crippen molar-refractivity contribution in [3.8, 4) is 17.0 Å². The molecule has 0 N–H and O–H groups in total. The average molecular weight is 263 g/mol. The van der Waals surface area contributed by atoms with E-state index in [1.54, 1.807) is 0 Å². The molecule has 0 saturated heterocycles. The first-order valence-electron chi connectivity index (χ1n) is 5.86. The summed E-state index contributed by atoms with van der Waals surface area (Å²) in [6.07, 6.45) is 0. The van der Waals surface area contributed by atoms with Gasteiger partial charge in [-0.15, -0.1) is 10.2 Å². The fourth-order valence-electron chi connectivity index (χ4n) is 1.78. The van der Waals surface area contributed by atoms with Crippen LogP contribution < -0.4 is 4.74 Å². The third-order valence-electron chi connectivity index (χ3n) is 2.91. The van der Waals surface area contributed by atoms with Crippen LogP contribution in [0.15, 0.2) is 24.3 Å². The van der Waals surface area contributed by atoms with Crippen LogP contribution in [0.4, 0.5) is 0 Å². The predicted molar refractivity (Wildman–Crippen MR) is 73.1 cm³/mol. The summed E-state index contributed by atoms with van der Waals surface area (Å²) in [4.78, 5) is 0. The number of benzene rings is 1. The third-order valence-corrected chi connectivity index (χ3v) is 3.27. The second kappa shape index (κ2) is 5.36. The number of hydrogen-bond acceptors (Lipinski definition) is 3. The topological polar surface area (TPSA) is 35.0 Å². The molecule has 0 saturated carbocycles. The molecule has 2 rings (SSSR count). The standard InChI is InChI=1S/C14H15ClN2O/c1-4-18-12-8-6-5-7-11(12)13-9(2)10(3)14(15)17-16-13/h5-8H,4H2,1-3H3. The lowest BCUT2D eigenvalue weighted by Gasteiger charge is -2.12. The maximum Gasteiger partial charge on any atom is 0.154 e. The van der Waals surface area contributed by atoms with E-state index in [-0.39, 0.29) is 0 Å². The molecule has 3 nitrogen and oxygen atoms in total. The van der Waals surface area contributed by atoms with Crippen LogP contribution >= 0.6 is 11.6 Å². The summed E-state index contributed by atoms with van der Waals surface area (Å²) in [5, 5.41) is 8.62. The summed E-state index contributed by atoms with van der Waals surface area (Å²) in [5.41, 5.74) is 3.75. The highest BCUT2D eigenvalue weighted by molar-refractivity contribution is 6.30. The number of hydrogen-bond donors (Lipinski definition) is 0. The molecule has 0 unspecified atom stereocenters. The highest BCUT2D eigenvalue weighted by atomic mass is 35.5. The van der Waals surface area contributed by atoms with Crippen molar-refractivity contribution in [3.63, 3.8) is 0 Å². The van der Waals surface area contributed by atoms with E-state index in [0.29, 0.717) is 11.8 Å². The van der Waals surface area contributed by atoms with Crippen molar-refractivity contribution >= 4 is 11.6 Å². The molecule has 0 aliphatic heterocycles. The van der Waals surface area contributed by atoms with Crippen molar-refractivity contribution in [2.75, 3.05) is 6.61 Å². The van der Waals surface area contributed by atoms with Gasteiger partial charge < -0.3 is 4.74 Å². The Labute approximate surface area is 112 Å². The molecule has 0 aliphatic carbocycles. The van der Waals surface area contributed by atoms with Crippen LogP contribution in [-0.2, 0) is 0 Å². The summed E-state index contributed by atoms with van der Waals surface area (Å²) < 4.78 is 5.62. The fraction of sp³-hybridized carbons (Fsp3) is 0.286. The molecular weight excluding hydrogens is 248 g/mol. The van der Waals surface area contributed by atoms with Gasteiger partial charge in [0, 0.05) is 5.56 Å². The fourth-order valence-corrected chi connectivity index (χ4v) is 1.96. The van der Waals surface area contributed by atoms with Crippen LogP contribution in [0.2, 0.25) is 5.15 Å². The van der Waals surface area contributed by atoms with Crippen LogP contribution in [0.5, 0.6) is 5.75 Å². The molecule has 2 aromatic rings. The number of halogens is 1. The lowest BCUT2D eigenvalue weighted by atomic mass is 10.0. The second-order valence-electron chi connectivity index (χ2n) is 4.02. The van der Waals surface area contributed by atoms with Crippen molar-refractivity contribution in [1.82, 2.24) is 10.2 Å². The Morgan fingerprint density at radius 1 is 1.11 bits per heavy atom. The molecule has 0 aliphatic rings. The Kier molecular flexibility index (Phi) is 3.82. The SMILES string of the molecule is CCOc1ccccc1-c1nnc(Cl)c(C)c1C. The van der Waals surface area contributed by atoms with Gasteiger partial charge in [-0.25, -0.2) is 0 Å². The Morgan fingerprint density at radius 3 is 2.56 bits per heavy atom. The van der Waals surface area contributed by atoms with E-state index in [1.165, 1.54) is 0 Å². The Bertz CT molecular complexity index is 570. The minimum atomic E-state index is 0.449. The summed E-state index contributed by atoms with van der Waals surface area (Å²) in [7, 11) is 0. The molecule has 1 aromatic carbocycles.